The zero-order chi connectivity index (χ0) is 18.4. The Labute approximate surface area is 138 Å². The number of hydrogen-bond acceptors (Lipinski definition) is 7. The molecule has 1 aliphatic rings. The lowest BCUT2D eigenvalue weighted by Gasteiger charge is -2.22. The summed E-state index contributed by atoms with van der Waals surface area (Å²) in [4.78, 5) is 62.7. The van der Waals surface area contributed by atoms with Crippen LogP contribution in [0.1, 0.15) is 33.6 Å². The largest absolute Gasteiger partial charge is 0.467 e. The lowest BCUT2D eigenvalue weighted by Crippen LogP contribution is -2.53. The van der Waals surface area contributed by atoms with Crippen LogP contribution in [0.4, 0.5) is 4.79 Å². The smallest absolute Gasteiger partial charge is 0.355 e. The van der Waals surface area contributed by atoms with Gasteiger partial charge in [0.1, 0.15) is 12.1 Å². The van der Waals surface area contributed by atoms with E-state index in [9.17, 15) is 24.0 Å². The molecule has 10 heteroatoms. The molecule has 0 aromatic rings. The van der Waals surface area contributed by atoms with Crippen molar-refractivity contribution in [2.45, 2.75) is 45.7 Å². The predicted octanol–water partition coefficient (Wildman–Crippen LogP) is -0.521. The molecule has 1 rings (SSSR count). The third-order valence-electron chi connectivity index (χ3n) is 3.30. The first-order valence-corrected chi connectivity index (χ1v) is 7.39. The van der Waals surface area contributed by atoms with E-state index in [1.54, 1.807) is 13.8 Å². The Morgan fingerprint density at radius 3 is 2.00 bits per heavy atom. The molecule has 0 aromatic carbocycles. The summed E-state index contributed by atoms with van der Waals surface area (Å²) in [5.41, 5.74) is 0. The standard InChI is InChI=1S/C14H21N3O7/c1-7(2)11(13(21)23-4)16-14(22)15-8(3)12(20)24-17-9(18)5-6-10(17)19/h7-8,11H,5-6H2,1-4H3,(H2,15,16,22)/t8-,11-/m0/s1. The Balaban J connectivity index is 2.56. The molecule has 0 aromatic heterocycles. The van der Waals surface area contributed by atoms with Crippen LogP contribution in [0.15, 0.2) is 0 Å². The summed E-state index contributed by atoms with van der Waals surface area (Å²) in [6.07, 6.45) is -0.0484. The van der Waals surface area contributed by atoms with Crippen molar-refractivity contribution in [3.05, 3.63) is 0 Å². The highest BCUT2D eigenvalue weighted by molar-refractivity contribution is 6.01. The Bertz CT molecular complexity index is 530. The van der Waals surface area contributed by atoms with E-state index in [4.69, 9.17) is 0 Å². The van der Waals surface area contributed by atoms with Gasteiger partial charge in [-0.05, 0) is 12.8 Å². The van der Waals surface area contributed by atoms with Crippen molar-refractivity contribution in [1.82, 2.24) is 15.7 Å². The van der Waals surface area contributed by atoms with Crippen LogP contribution < -0.4 is 10.6 Å². The molecule has 134 valence electrons. The van der Waals surface area contributed by atoms with Gasteiger partial charge in [0, 0.05) is 12.8 Å². The number of methoxy groups -OCH3 is 1. The van der Waals surface area contributed by atoms with Gasteiger partial charge < -0.3 is 20.2 Å². The quantitative estimate of drug-likeness (QED) is 0.490. The summed E-state index contributed by atoms with van der Waals surface area (Å²) < 4.78 is 4.58. The number of esters is 1. The maximum atomic E-state index is 11.9. The first-order chi connectivity index (χ1) is 11.2. The SMILES string of the molecule is COC(=O)[C@@H](NC(=O)N[C@@H](C)C(=O)ON1C(=O)CCC1=O)C(C)C. The number of carbonyl (C=O) groups is 5. The molecule has 24 heavy (non-hydrogen) atoms. The van der Waals surface area contributed by atoms with Crippen LogP contribution >= 0.6 is 0 Å². The molecule has 2 N–H and O–H groups in total. The number of imide groups is 1. The summed E-state index contributed by atoms with van der Waals surface area (Å²) in [7, 11) is 1.20. The molecule has 1 fully saturated rings. The number of carbonyl (C=O) groups excluding carboxylic acids is 5. The molecule has 0 aliphatic carbocycles. The summed E-state index contributed by atoms with van der Waals surface area (Å²) in [5, 5.41) is 5.04. The van der Waals surface area contributed by atoms with E-state index in [0.717, 1.165) is 0 Å². The zero-order valence-electron chi connectivity index (χ0n) is 14.0. The van der Waals surface area contributed by atoms with Crippen LogP contribution in [-0.2, 0) is 28.8 Å². The second-order valence-electron chi connectivity index (χ2n) is 5.58. The average Bonchev–Trinajstić information content (AvgIpc) is 2.83. The summed E-state index contributed by atoms with van der Waals surface area (Å²) >= 11 is 0. The van der Waals surface area contributed by atoms with E-state index < -0.39 is 41.9 Å². The minimum absolute atomic E-state index is 0.0242. The van der Waals surface area contributed by atoms with Crippen molar-refractivity contribution < 1.29 is 33.5 Å². The van der Waals surface area contributed by atoms with E-state index in [0.29, 0.717) is 5.06 Å². The molecule has 2 atom stereocenters. The van der Waals surface area contributed by atoms with E-state index in [2.05, 4.69) is 20.2 Å². The van der Waals surface area contributed by atoms with Crippen LogP contribution in [0, 0.1) is 5.92 Å². The molecule has 0 radical (unpaired) electrons. The number of hydrogen-bond donors (Lipinski definition) is 2. The summed E-state index contributed by atoms with van der Waals surface area (Å²) in [6, 6.07) is -2.82. The number of urea groups is 1. The monoisotopic (exact) mass is 343 g/mol. The number of amides is 4. The van der Waals surface area contributed by atoms with Crippen molar-refractivity contribution in [2.24, 2.45) is 5.92 Å². The second kappa shape index (κ2) is 8.27. The summed E-state index contributed by atoms with van der Waals surface area (Å²) in [6.45, 7) is 4.74. The topological polar surface area (TPSA) is 131 Å². The fourth-order valence-corrected chi connectivity index (χ4v) is 1.89. The van der Waals surface area contributed by atoms with Gasteiger partial charge in [-0.2, -0.15) is 0 Å². The van der Waals surface area contributed by atoms with Gasteiger partial charge >= 0.3 is 18.0 Å². The molecule has 10 nitrogen and oxygen atoms in total. The number of rotatable bonds is 6. The Morgan fingerprint density at radius 1 is 1.00 bits per heavy atom. The van der Waals surface area contributed by atoms with Crippen LogP contribution in [0.3, 0.4) is 0 Å². The van der Waals surface area contributed by atoms with Gasteiger partial charge in [0.15, 0.2) is 0 Å². The third-order valence-corrected chi connectivity index (χ3v) is 3.30. The molecule has 0 spiro atoms. The Morgan fingerprint density at radius 2 is 1.54 bits per heavy atom. The van der Waals surface area contributed by atoms with Gasteiger partial charge in [-0.25, -0.2) is 14.4 Å². The second-order valence-corrected chi connectivity index (χ2v) is 5.58. The van der Waals surface area contributed by atoms with Crippen molar-refractivity contribution in [2.75, 3.05) is 7.11 Å². The maximum absolute atomic E-state index is 11.9. The molecule has 0 unspecified atom stereocenters. The lowest BCUT2D eigenvalue weighted by atomic mass is 10.1. The molecule has 1 heterocycles. The van der Waals surface area contributed by atoms with Crippen molar-refractivity contribution in [1.29, 1.82) is 0 Å². The maximum Gasteiger partial charge on any atom is 0.355 e. The molecule has 0 bridgehead atoms. The van der Waals surface area contributed by atoms with E-state index in [-0.39, 0.29) is 18.8 Å². The van der Waals surface area contributed by atoms with Crippen molar-refractivity contribution in [3.8, 4) is 0 Å². The highest BCUT2D eigenvalue weighted by Crippen LogP contribution is 2.12. The number of nitrogens with zero attached hydrogens (tertiary/aromatic N) is 1. The van der Waals surface area contributed by atoms with Gasteiger partial charge in [0.25, 0.3) is 11.8 Å². The molecule has 4 amide bonds. The Kier molecular flexibility index (Phi) is 6.69. The lowest BCUT2D eigenvalue weighted by molar-refractivity contribution is -0.198. The number of ether oxygens (including phenoxy) is 1. The molecular weight excluding hydrogens is 322 g/mol. The van der Waals surface area contributed by atoms with Gasteiger partial charge in [-0.15, -0.1) is 5.06 Å². The van der Waals surface area contributed by atoms with Gasteiger partial charge in [-0.1, -0.05) is 13.8 Å². The molecule has 1 aliphatic heterocycles. The molecule has 0 saturated carbocycles. The average molecular weight is 343 g/mol. The molecule has 1 saturated heterocycles. The first kappa shape index (κ1) is 19.4. The van der Waals surface area contributed by atoms with Gasteiger partial charge in [-0.3, -0.25) is 9.59 Å². The van der Waals surface area contributed by atoms with Crippen LogP contribution in [0.25, 0.3) is 0 Å². The minimum Gasteiger partial charge on any atom is -0.467 e. The fourth-order valence-electron chi connectivity index (χ4n) is 1.89. The summed E-state index contributed by atoms with van der Waals surface area (Å²) in [5.74, 6) is -3.06. The van der Waals surface area contributed by atoms with E-state index in [1.165, 1.54) is 14.0 Å². The number of nitrogens with one attached hydrogen (secondary N) is 2. The van der Waals surface area contributed by atoms with E-state index >= 15 is 0 Å². The zero-order valence-corrected chi connectivity index (χ0v) is 14.0. The van der Waals surface area contributed by atoms with Crippen LogP contribution in [0.2, 0.25) is 0 Å². The minimum atomic E-state index is -1.14. The van der Waals surface area contributed by atoms with Crippen LogP contribution in [-0.4, -0.2) is 54.0 Å². The van der Waals surface area contributed by atoms with Crippen molar-refractivity contribution in [3.63, 3.8) is 0 Å². The Hall–Kier alpha value is -2.65. The van der Waals surface area contributed by atoms with Crippen molar-refractivity contribution >= 4 is 29.8 Å². The van der Waals surface area contributed by atoms with E-state index in [1.807, 2.05) is 0 Å². The van der Waals surface area contributed by atoms with Gasteiger partial charge in [0.2, 0.25) is 0 Å². The number of hydroxylamine groups is 2. The first-order valence-electron chi connectivity index (χ1n) is 7.39. The predicted molar refractivity (Wildman–Crippen MR) is 79.0 cm³/mol. The normalized spacial score (nSPS) is 16.6. The fraction of sp³-hybridized carbons (Fsp3) is 0.643. The van der Waals surface area contributed by atoms with Gasteiger partial charge in [0.05, 0.1) is 7.11 Å². The molecular formula is C14H21N3O7. The third kappa shape index (κ3) is 4.93. The highest BCUT2D eigenvalue weighted by atomic mass is 16.7. The highest BCUT2D eigenvalue weighted by Gasteiger charge is 2.34. The van der Waals surface area contributed by atoms with Crippen LogP contribution in [0.5, 0.6) is 0 Å².